The average molecular weight is 186 g/mol. The van der Waals surface area contributed by atoms with E-state index >= 15 is 0 Å². The first kappa shape index (κ1) is 11.5. The maximum atomic E-state index is 11.4. The van der Waals surface area contributed by atoms with Gasteiger partial charge in [0.1, 0.15) is 0 Å². The molecule has 0 heterocycles. The summed E-state index contributed by atoms with van der Waals surface area (Å²) in [7, 11) is -3.16. The van der Waals surface area contributed by atoms with Crippen LogP contribution in [-0.4, -0.2) is 16.7 Å². The maximum absolute atomic E-state index is 11.4. The van der Waals surface area contributed by atoms with Crippen LogP contribution in [0.15, 0.2) is 12.2 Å². The SMILES string of the molecule is C=C(C#CC)C(C)(C)P(C)(=O)O. The lowest BCUT2D eigenvalue weighted by molar-refractivity contribution is 0.459. The predicted molar refractivity (Wildman–Crippen MR) is 52.4 cm³/mol. The van der Waals surface area contributed by atoms with Gasteiger partial charge in [0.05, 0.1) is 5.16 Å². The molecule has 0 saturated carbocycles. The van der Waals surface area contributed by atoms with Crippen molar-refractivity contribution >= 4 is 7.37 Å². The van der Waals surface area contributed by atoms with E-state index in [4.69, 9.17) is 0 Å². The molecule has 68 valence electrons. The largest absolute Gasteiger partial charge is 0.344 e. The summed E-state index contributed by atoms with van der Waals surface area (Å²) >= 11 is 0. The number of hydrogen-bond donors (Lipinski definition) is 1. The molecule has 0 radical (unpaired) electrons. The van der Waals surface area contributed by atoms with Gasteiger partial charge in [-0.1, -0.05) is 12.5 Å². The van der Waals surface area contributed by atoms with Crippen LogP contribution in [0.3, 0.4) is 0 Å². The van der Waals surface area contributed by atoms with Crippen LogP contribution in [0.1, 0.15) is 20.8 Å². The normalized spacial score (nSPS) is 15.8. The minimum Gasteiger partial charge on any atom is -0.344 e. The Kier molecular flexibility index (Phi) is 3.33. The summed E-state index contributed by atoms with van der Waals surface area (Å²) in [5.74, 6) is 5.38. The second-order valence-electron chi connectivity index (χ2n) is 3.29. The van der Waals surface area contributed by atoms with Gasteiger partial charge in [0.15, 0.2) is 0 Å². The highest BCUT2D eigenvalue weighted by molar-refractivity contribution is 7.59. The first-order valence-electron chi connectivity index (χ1n) is 3.66. The Morgan fingerprint density at radius 3 is 2.25 bits per heavy atom. The number of allylic oxidation sites excluding steroid dienone is 1. The third kappa shape index (κ3) is 2.24. The molecule has 1 unspecified atom stereocenters. The molecule has 0 aromatic carbocycles. The molecule has 0 amide bonds. The van der Waals surface area contributed by atoms with Crippen molar-refractivity contribution in [3.63, 3.8) is 0 Å². The molecule has 3 heteroatoms. The van der Waals surface area contributed by atoms with Gasteiger partial charge < -0.3 is 4.89 Å². The molecule has 0 fully saturated rings. The summed E-state index contributed by atoms with van der Waals surface area (Å²) in [6, 6.07) is 0. The molecule has 0 spiro atoms. The lowest BCUT2D eigenvalue weighted by atomic mass is 10.1. The fraction of sp³-hybridized carbons (Fsp3) is 0.556. The summed E-state index contributed by atoms with van der Waals surface area (Å²) < 4.78 is 11.4. The highest BCUT2D eigenvalue weighted by Crippen LogP contribution is 2.53. The molecular formula is C9H15O2P. The second kappa shape index (κ2) is 3.47. The molecule has 0 bridgehead atoms. The van der Waals surface area contributed by atoms with E-state index in [1.54, 1.807) is 20.8 Å². The van der Waals surface area contributed by atoms with Crippen LogP contribution in [0, 0.1) is 11.8 Å². The van der Waals surface area contributed by atoms with Gasteiger partial charge in [-0.15, -0.1) is 5.92 Å². The van der Waals surface area contributed by atoms with Crippen LogP contribution >= 0.6 is 7.37 Å². The molecule has 0 aromatic rings. The van der Waals surface area contributed by atoms with Gasteiger partial charge in [0, 0.05) is 12.2 Å². The van der Waals surface area contributed by atoms with E-state index in [9.17, 15) is 9.46 Å². The lowest BCUT2D eigenvalue weighted by Crippen LogP contribution is -2.21. The van der Waals surface area contributed by atoms with E-state index in [2.05, 4.69) is 18.4 Å². The first-order valence-corrected chi connectivity index (χ1v) is 5.76. The number of rotatable bonds is 2. The van der Waals surface area contributed by atoms with Crippen molar-refractivity contribution in [2.45, 2.75) is 25.9 Å². The van der Waals surface area contributed by atoms with Gasteiger partial charge in [-0.25, -0.2) is 0 Å². The highest BCUT2D eigenvalue weighted by atomic mass is 31.2. The van der Waals surface area contributed by atoms with Crippen molar-refractivity contribution in [1.29, 1.82) is 0 Å². The topological polar surface area (TPSA) is 37.3 Å². The summed E-state index contributed by atoms with van der Waals surface area (Å²) in [4.78, 5) is 9.37. The van der Waals surface area contributed by atoms with Crippen LogP contribution < -0.4 is 0 Å². The first-order chi connectivity index (χ1) is 5.23. The molecule has 2 nitrogen and oxygen atoms in total. The number of hydrogen-bond acceptors (Lipinski definition) is 1. The van der Waals surface area contributed by atoms with E-state index in [1.807, 2.05) is 0 Å². The van der Waals surface area contributed by atoms with E-state index in [0.29, 0.717) is 5.57 Å². The smallest absolute Gasteiger partial charge is 0.207 e. The Hall–Kier alpha value is -0.510. The fourth-order valence-corrected chi connectivity index (χ4v) is 1.11. The summed E-state index contributed by atoms with van der Waals surface area (Å²) in [6.45, 7) is 10.0. The van der Waals surface area contributed by atoms with E-state index in [-0.39, 0.29) is 0 Å². The monoisotopic (exact) mass is 186 g/mol. The quantitative estimate of drug-likeness (QED) is 0.530. The molecule has 0 aliphatic carbocycles. The van der Waals surface area contributed by atoms with Gasteiger partial charge in [0.2, 0.25) is 7.37 Å². The van der Waals surface area contributed by atoms with Gasteiger partial charge in [-0.05, 0) is 20.8 Å². The molecule has 0 rings (SSSR count). The Labute approximate surface area is 74.1 Å². The lowest BCUT2D eigenvalue weighted by Gasteiger charge is -2.26. The van der Waals surface area contributed by atoms with Crippen molar-refractivity contribution in [3.8, 4) is 11.8 Å². The molecule has 0 saturated heterocycles. The van der Waals surface area contributed by atoms with Crippen LogP contribution in [0.2, 0.25) is 0 Å². The van der Waals surface area contributed by atoms with E-state index in [1.165, 1.54) is 6.66 Å². The zero-order valence-electron chi connectivity index (χ0n) is 8.01. The van der Waals surface area contributed by atoms with Gasteiger partial charge >= 0.3 is 0 Å². The zero-order chi connectivity index (χ0) is 9.99. The minimum absolute atomic E-state index is 0.512. The van der Waals surface area contributed by atoms with Gasteiger partial charge in [0.25, 0.3) is 0 Å². The van der Waals surface area contributed by atoms with E-state index in [0.717, 1.165) is 0 Å². The van der Waals surface area contributed by atoms with Crippen molar-refractivity contribution in [3.05, 3.63) is 12.2 Å². The van der Waals surface area contributed by atoms with Gasteiger partial charge in [-0.3, -0.25) is 4.57 Å². The van der Waals surface area contributed by atoms with Crippen LogP contribution in [-0.2, 0) is 4.57 Å². The Balaban J connectivity index is 4.96. The molecule has 0 aliphatic heterocycles. The van der Waals surface area contributed by atoms with Crippen molar-refractivity contribution in [2.24, 2.45) is 0 Å². The van der Waals surface area contributed by atoms with Crippen LogP contribution in [0.5, 0.6) is 0 Å². The third-order valence-corrected chi connectivity index (χ3v) is 4.40. The zero-order valence-corrected chi connectivity index (χ0v) is 8.90. The molecule has 0 aliphatic rings. The molecule has 1 N–H and O–H groups in total. The van der Waals surface area contributed by atoms with Crippen molar-refractivity contribution in [2.75, 3.05) is 6.66 Å². The average Bonchev–Trinajstić information content (AvgIpc) is 1.85. The van der Waals surface area contributed by atoms with Crippen molar-refractivity contribution < 1.29 is 9.46 Å². The molecule has 12 heavy (non-hydrogen) atoms. The Bertz CT molecular complexity index is 285. The fourth-order valence-electron chi connectivity index (χ4n) is 0.554. The second-order valence-corrected chi connectivity index (χ2v) is 6.17. The summed E-state index contributed by atoms with van der Waals surface area (Å²) in [6.07, 6.45) is 0. The van der Waals surface area contributed by atoms with Gasteiger partial charge in [-0.2, -0.15) is 0 Å². The summed E-state index contributed by atoms with van der Waals surface area (Å²) in [5.41, 5.74) is 0.512. The Morgan fingerprint density at radius 1 is 1.58 bits per heavy atom. The standard InChI is InChI=1S/C9H15O2P/c1-6-7-8(2)9(3,4)12(5,10)11/h2H2,1,3-5H3,(H,10,11). The maximum Gasteiger partial charge on any atom is 0.207 e. The molecular weight excluding hydrogens is 171 g/mol. The predicted octanol–water partition coefficient (Wildman–Crippen LogP) is 2.24. The molecule has 0 aromatic heterocycles. The van der Waals surface area contributed by atoms with Crippen LogP contribution in [0.25, 0.3) is 0 Å². The van der Waals surface area contributed by atoms with E-state index < -0.39 is 12.5 Å². The van der Waals surface area contributed by atoms with Crippen LogP contribution in [0.4, 0.5) is 0 Å². The highest BCUT2D eigenvalue weighted by Gasteiger charge is 2.36. The minimum atomic E-state index is -3.16. The summed E-state index contributed by atoms with van der Waals surface area (Å²) in [5, 5.41) is -0.810. The third-order valence-electron chi connectivity index (χ3n) is 2.05. The van der Waals surface area contributed by atoms with Crippen molar-refractivity contribution in [1.82, 2.24) is 0 Å². The molecule has 1 atom stereocenters. The Morgan fingerprint density at radius 2 is 2.00 bits per heavy atom.